The minimum Gasteiger partial charge on any atom is -0.342 e. The summed E-state index contributed by atoms with van der Waals surface area (Å²) in [6.07, 6.45) is 1.74. The van der Waals surface area contributed by atoms with Crippen LogP contribution in [-0.2, 0) is 11.3 Å². The number of benzene rings is 2. The molecule has 0 radical (unpaired) electrons. The summed E-state index contributed by atoms with van der Waals surface area (Å²) in [5.74, 6) is 0.501. The number of aryl methyl sites for hydroxylation is 3. The van der Waals surface area contributed by atoms with Crippen molar-refractivity contribution < 1.29 is 9.59 Å². The van der Waals surface area contributed by atoms with Gasteiger partial charge in [0, 0.05) is 17.8 Å². The molecule has 0 saturated carbocycles. The molecule has 0 bridgehead atoms. The number of hydrogen-bond acceptors (Lipinski definition) is 5. The first-order valence-corrected chi connectivity index (χ1v) is 11.7. The van der Waals surface area contributed by atoms with Crippen LogP contribution in [-0.4, -0.2) is 32.3 Å². The van der Waals surface area contributed by atoms with Crippen LogP contribution in [0.5, 0.6) is 0 Å². The average Bonchev–Trinajstić information content (AvgIpc) is 3.18. The lowest BCUT2D eigenvalue weighted by Gasteiger charge is -2.16. The second-order valence-corrected chi connectivity index (χ2v) is 8.85. The van der Waals surface area contributed by atoms with E-state index in [-0.39, 0.29) is 23.6 Å². The van der Waals surface area contributed by atoms with Gasteiger partial charge in [-0.25, -0.2) is 0 Å². The molecule has 2 aromatic carbocycles. The van der Waals surface area contributed by atoms with E-state index < -0.39 is 0 Å². The maximum Gasteiger partial charge on any atom is 0.252 e. The Bertz CT molecular complexity index is 1170. The van der Waals surface area contributed by atoms with E-state index >= 15 is 0 Å². The monoisotopic (exact) mass is 463 g/mol. The first-order chi connectivity index (χ1) is 15.8. The number of rotatable bonds is 9. The van der Waals surface area contributed by atoms with Crippen molar-refractivity contribution in [3.63, 3.8) is 0 Å². The predicted octanol–water partition coefficient (Wildman–Crippen LogP) is 4.61. The zero-order valence-corrected chi connectivity index (χ0v) is 20.2. The summed E-state index contributed by atoms with van der Waals surface area (Å²) >= 11 is 1.30. The number of nitrogens with one attached hydrogen (secondary N) is 2. The van der Waals surface area contributed by atoms with Crippen LogP contribution in [0.2, 0.25) is 0 Å². The number of carbonyl (C=O) groups excluding carboxylic acids is 2. The van der Waals surface area contributed by atoms with Crippen LogP contribution >= 0.6 is 11.8 Å². The second kappa shape index (κ2) is 11.0. The zero-order chi connectivity index (χ0) is 24.0. The Kier molecular flexibility index (Phi) is 8.06. The minimum absolute atomic E-state index is 0.121. The van der Waals surface area contributed by atoms with Gasteiger partial charge in [0.2, 0.25) is 5.91 Å². The summed E-state index contributed by atoms with van der Waals surface area (Å²) in [4.78, 5) is 25.2. The minimum atomic E-state index is -0.373. The van der Waals surface area contributed by atoms with E-state index in [2.05, 4.69) is 27.4 Å². The second-order valence-electron chi connectivity index (χ2n) is 7.91. The third kappa shape index (κ3) is 6.10. The Morgan fingerprint density at radius 1 is 1.12 bits per heavy atom. The molecule has 0 spiro atoms. The average molecular weight is 464 g/mol. The standard InChI is InChI=1S/C25H29N5O2S/c1-6-13-30-23(19(5)26-24(32)20-10-8-7-9-17(20)3)28-29-25(30)33-15-22(31)27-21-14-16(2)11-12-18(21)4/h6-12,14,19H,1,13,15H2,2-5H3,(H,26,32)(H,27,31)/t19-/m1/s1. The van der Waals surface area contributed by atoms with Crippen LogP contribution < -0.4 is 10.6 Å². The number of amides is 2. The Labute approximate surface area is 198 Å². The van der Waals surface area contributed by atoms with E-state index in [1.54, 1.807) is 12.1 Å². The quantitative estimate of drug-likeness (QED) is 0.357. The van der Waals surface area contributed by atoms with E-state index in [1.165, 1.54) is 11.8 Å². The molecule has 1 heterocycles. The molecule has 33 heavy (non-hydrogen) atoms. The molecule has 3 rings (SSSR count). The largest absolute Gasteiger partial charge is 0.342 e. The molecule has 1 atom stereocenters. The third-order valence-corrected chi connectivity index (χ3v) is 6.15. The summed E-state index contributed by atoms with van der Waals surface area (Å²) in [5.41, 5.74) is 4.43. The normalized spacial score (nSPS) is 11.6. The van der Waals surface area contributed by atoms with Gasteiger partial charge in [-0.1, -0.05) is 48.2 Å². The molecule has 1 aromatic heterocycles. The molecule has 2 N–H and O–H groups in total. The lowest BCUT2D eigenvalue weighted by atomic mass is 10.1. The van der Waals surface area contributed by atoms with Gasteiger partial charge >= 0.3 is 0 Å². The van der Waals surface area contributed by atoms with Crippen molar-refractivity contribution in [3.05, 3.63) is 83.2 Å². The molecule has 8 heteroatoms. The molecule has 7 nitrogen and oxygen atoms in total. The van der Waals surface area contributed by atoms with Gasteiger partial charge in [-0.15, -0.1) is 16.8 Å². The van der Waals surface area contributed by atoms with Gasteiger partial charge in [0.25, 0.3) is 5.91 Å². The highest BCUT2D eigenvalue weighted by atomic mass is 32.2. The van der Waals surface area contributed by atoms with Gasteiger partial charge in [-0.2, -0.15) is 0 Å². The summed E-state index contributed by atoms with van der Waals surface area (Å²) in [7, 11) is 0. The zero-order valence-electron chi connectivity index (χ0n) is 19.4. The predicted molar refractivity (Wildman–Crippen MR) is 133 cm³/mol. The van der Waals surface area contributed by atoms with Gasteiger partial charge in [0.05, 0.1) is 11.8 Å². The molecule has 3 aromatic rings. The van der Waals surface area contributed by atoms with E-state index in [1.807, 2.05) is 68.7 Å². The van der Waals surface area contributed by atoms with E-state index in [0.717, 1.165) is 22.4 Å². The Morgan fingerprint density at radius 3 is 2.61 bits per heavy atom. The fourth-order valence-electron chi connectivity index (χ4n) is 3.38. The number of aromatic nitrogens is 3. The molecular formula is C25H29N5O2S. The Morgan fingerprint density at radius 2 is 1.88 bits per heavy atom. The fraction of sp³-hybridized carbons (Fsp3) is 0.280. The lowest BCUT2D eigenvalue weighted by Crippen LogP contribution is -2.29. The molecule has 0 aliphatic heterocycles. The molecule has 0 aliphatic rings. The fourth-order valence-corrected chi connectivity index (χ4v) is 4.14. The molecule has 0 unspecified atom stereocenters. The highest BCUT2D eigenvalue weighted by Gasteiger charge is 2.21. The number of hydrogen-bond donors (Lipinski definition) is 2. The SMILES string of the molecule is C=CCn1c(SCC(=O)Nc2cc(C)ccc2C)nnc1[C@@H](C)NC(=O)c1ccccc1C. The maximum absolute atomic E-state index is 12.7. The summed E-state index contributed by atoms with van der Waals surface area (Å²) < 4.78 is 1.87. The third-order valence-electron chi connectivity index (χ3n) is 5.18. The topological polar surface area (TPSA) is 88.9 Å². The molecule has 0 aliphatic carbocycles. The van der Waals surface area contributed by atoms with Crippen molar-refractivity contribution in [1.29, 1.82) is 0 Å². The molecular weight excluding hydrogens is 434 g/mol. The summed E-state index contributed by atoms with van der Waals surface area (Å²) in [6, 6.07) is 13.0. The van der Waals surface area contributed by atoms with Crippen LogP contribution in [0.15, 0.2) is 60.3 Å². The summed E-state index contributed by atoms with van der Waals surface area (Å²) in [5, 5.41) is 15.1. The first kappa shape index (κ1) is 24.3. The smallest absolute Gasteiger partial charge is 0.252 e. The van der Waals surface area contributed by atoms with Gasteiger partial charge < -0.3 is 15.2 Å². The van der Waals surface area contributed by atoms with Crippen molar-refractivity contribution in [2.24, 2.45) is 0 Å². The highest BCUT2D eigenvalue weighted by Crippen LogP contribution is 2.22. The van der Waals surface area contributed by atoms with Crippen LogP contribution in [0.25, 0.3) is 0 Å². The number of thioether (sulfide) groups is 1. The van der Waals surface area contributed by atoms with Crippen molar-refractivity contribution in [1.82, 2.24) is 20.1 Å². The van der Waals surface area contributed by atoms with E-state index in [9.17, 15) is 9.59 Å². The number of allylic oxidation sites excluding steroid dienone is 1. The Balaban J connectivity index is 1.69. The van der Waals surface area contributed by atoms with Gasteiger partial charge in [-0.05, 0) is 56.5 Å². The number of anilines is 1. The van der Waals surface area contributed by atoms with Crippen LogP contribution in [0, 0.1) is 20.8 Å². The molecule has 2 amide bonds. The first-order valence-electron chi connectivity index (χ1n) is 10.7. The van der Waals surface area contributed by atoms with Crippen LogP contribution in [0.4, 0.5) is 5.69 Å². The molecule has 0 fully saturated rings. The van der Waals surface area contributed by atoms with E-state index in [0.29, 0.717) is 23.1 Å². The maximum atomic E-state index is 12.7. The lowest BCUT2D eigenvalue weighted by molar-refractivity contribution is -0.113. The van der Waals surface area contributed by atoms with Crippen molar-refractivity contribution in [3.8, 4) is 0 Å². The molecule has 172 valence electrons. The van der Waals surface area contributed by atoms with Gasteiger partial charge in [0.15, 0.2) is 11.0 Å². The Hall–Kier alpha value is -3.39. The summed E-state index contributed by atoms with van der Waals surface area (Å²) in [6.45, 7) is 12.0. The van der Waals surface area contributed by atoms with Crippen molar-refractivity contribution in [2.75, 3.05) is 11.1 Å². The van der Waals surface area contributed by atoms with E-state index in [4.69, 9.17) is 0 Å². The van der Waals surface area contributed by atoms with Gasteiger partial charge in [-0.3, -0.25) is 9.59 Å². The van der Waals surface area contributed by atoms with Crippen molar-refractivity contribution >= 4 is 29.3 Å². The van der Waals surface area contributed by atoms with Crippen molar-refractivity contribution in [2.45, 2.75) is 45.4 Å². The molecule has 0 saturated heterocycles. The van der Waals surface area contributed by atoms with Crippen LogP contribution in [0.1, 0.15) is 45.8 Å². The number of carbonyl (C=O) groups is 2. The highest BCUT2D eigenvalue weighted by molar-refractivity contribution is 7.99. The van der Waals surface area contributed by atoms with Crippen LogP contribution in [0.3, 0.4) is 0 Å². The van der Waals surface area contributed by atoms with Gasteiger partial charge in [0.1, 0.15) is 0 Å². The number of nitrogens with zero attached hydrogens (tertiary/aromatic N) is 3.